The monoisotopic (exact) mass is 148 g/mol. The lowest BCUT2D eigenvalue weighted by Gasteiger charge is -2.11. The molecule has 1 aromatic heterocycles. The lowest BCUT2D eigenvalue weighted by atomic mass is 10.2. The lowest BCUT2D eigenvalue weighted by molar-refractivity contribution is 0.529. The van der Waals surface area contributed by atoms with Crippen LogP contribution < -0.4 is 0 Å². The molecule has 2 heteroatoms. The molecule has 0 N–H and O–H groups in total. The van der Waals surface area contributed by atoms with Gasteiger partial charge >= 0.3 is 0 Å². The predicted octanol–water partition coefficient (Wildman–Crippen LogP) is 2.33. The second kappa shape index (κ2) is 3.25. The highest BCUT2D eigenvalue weighted by molar-refractivity contribution is 5.22. The van der Waals surface area contributed by atoms with Gasteiger partial charge in [0.2, 0.25) is 0 Å². The molecule has 2 nitrogen and oxygen atoms in total. The van der Waals surface area contributed by atoms with Crippen LogP contribution in [0.5, 0.6) is 0 Å². The van der Waals surface area contributed by atoms with Gasteiger partial charge in [-0.05, 0) is 25.5 Å². The molecule has 0 fully saturated rings. The highest BCUT2D eigenvalue weighted by Gasteiger charge is 2.04. The topological polar surface area (TPSA) is 28.7 Å². The van der Waals surface area contributed by atoms with Crippen LogP contribution in [-0.4, -0.2) is 4.57 Å². The first-order valence-corrected chi connectivity index (χ1v) is 3.86. The maximum absolute atomic E-state index is 8.68. The Labute approximate surface area is 67.1 Å². The van der Waals surface area contributed by atoms with Crippen LogP contribution in [0.3, 0.4) is 0 Å². The van der Waals surface area contributed by atoms with E-state index in [1.54, 1.807) is 0 Å². The van der Waals surface area contributed by atoms with Crippen molar-refractivity contribution >= 4 is 0 Å². The van der Waals surface area contributed by atoms with Crippen LogP contribution in [0, 0.1) is 11.3 Å². The van der Waals surface area contributed by atoms with Gasteiger partial charge in [0.15, 0.2) is 0 Å². The molecule has 0 saturated heterocycles. The molecule has 0 radical (unpaired) electrons. The first kappa shape index (κ1) is 7.87. The van der Waals surface area contributed by atoms with Crippen LogP contribution in [0.4, 0.5) is 0 Å². The molecular weight excluding hydrogens is 136 g/mol. The Bertz CT molecular complexity index is 267. The van der Waals surface area contributed by atoms with Crippen LogP contribution in [0.15, 0.2) is 18.3 Å². The summed E-state index contributed by atoms with van der Waals surface area (Å²) >= 11 is 0. The minimum atomic E-state index is 0.430. The molecule has 58 valence electrons. The first-order chi connectivity index (χ1) is 5.29. The van der Waals surface area contributed by atoms with Crippen molar-refractivity contribution in [2.75, 3.05) is 0 Å². The van der Waals surface area contributed by atoms with E-state index in [4.69, 9.17) is 5.26 Å². The largest absolute Gasteiger partial charge is 0.337 e. The second-order valence-corrected chi connectivity index (χ2v) is 2.67. The van der Waals surface area contributed by atoms with Crippen molar-refractivity contribution in [3.63, 3.8) is 0 Å². The minimum Gasteiger partial charge on any atom is -0.337 e. The molecule has 0 spiro atoms. The summed E-state index contributed by atoms with van der Waals surface area (Å²) in [6.07, 6.45) is 3.01. The Balaban J connectivity index is 2.95. The predicted molar refractivity (Wildman–Crippen MR) is 44.1 cm³/mol. The molecular formula is C9H12N2. The molecule has 0 saturated carbocycles. The third-order valence-corrected chi connectivity index (χ3v) is 1.96. The first-order valence-electron chi connectivity index (χ1n) is 3.86. The Hall–Kier alpha value is -1.23. The van der Waals surface area contributed by atoms with Gasteiger partial charge in [-0.1, -0.05) is 6.92 Å². The summed E-state index contributed by atoms with van der Waals surface area (Å²) in [6.45, 7) is 4.23. The number of aromatic nitrogens is 1. The Morgan fingerprint density at radius 2 is 2.45 bits per heavy atom. The fraction of sp³-hybridized carbons (Fsp3) is 0.444. The molecule has 1 heterocycles. The number of hydrogen-bond donors (Lipinski definition) is 0. The van der Waals surface area contributed by atoms with E-state index >= 15 is 0 Å². The molecule has 11 heavy (non-hydrogen) atoms. The average molecular weight is 148 g/mol. The van der Waals surface area contributed by atoms with Crippen molar-refractivity contribution < 1.29 is 0 Å². The Kier molecular flexibility index (Phi) is 2.32. The van der Waals surface area contributed by atoms with Crippen LogP contribution in [0.1, 0.15) is 32.0 Å². The van der Waals surface area contributed by atoms with Crippen LogP contribution in [0.2, 0.25) is 0 Å². The molecule has 0 unspecified atom stereocenters. The van der Waals surface area contributed by atoms with Gasteiger partial charge in [-0.3, -0.25) is 0 Å². The van der Waals surface area contributed by atoms with Crippen molar-refractivity contribution in [1.29, 1.82) is 5.26 Å². The third kappa shape index (κ3) is 1.43. The van der Waals surface area contributed by atoms with E-state index in [9.17, 15) is 0 Å². The molecule has 0 aliphatic heterocycles. The van der Waals surface area contributed by atoms with Gasteiger partial charge in [-0.2, -0.15) is 5.26 Å². The fourth-order valence-electron chi connectivity index (χ4n) is 1.07. The van der Waals surface area contributed by atoms with Gasteiger partial charge in [0.25, 0.3) is 0 Å². The summed E-state index contributed by atoms with van der Waals surface area (Å²) in [4.78, 5) is 0. The van der Waals surface area contributed by atoms with E-state index in [2.05, 4.69) is 19.9 Å². The third-order valence-electron chi connectivity index (χ3n) is 1.96. The average Bonchev–Trinajstić information content (AvgIpc) is 2.50. The molecule has 0 aliphatic carbocycles. The van der Waals surface area contributed by atoms with Crippen LogP contribution in [-0.2, 0) is 0 Å². The molecule has 0 amide bonds. The highest BCUT2D eigenvalue weighted by Crippen LogP contribution is 2.13. The van der Waals surface area contributed by atoms with Gasteiger partial charge in [-0.15, -0.1) is 0 Å². The van der Waals surface area contributed by atoms with E-state index < -0.39 is 0 Å². The quantitative estimate of drug-likeness (QED) is 0.632. The summed E-state index contributed by atoms with van der Waals surface area (Å²) in [7, 11) is 0. The maximum Gasteiger partial charge on any atom is 0.120 e. The number of hydrogen-bond acceptors (Lipinski definition) is 1. The number of nitriles is 1. The molecule has 1 aromatic rings. The SMILES string of the molecule is CC[C@H](C)n1cccc1C#N. The van der Waals surface area contributed by atoms with Crippen LogP contribution in [0.25, 0.3) is 0 Å². The van der Waals surface area contributed by atoms with Crippen LogP contribution >= 0.6 is 0 Å². The van der Waals surface area contributed by atoms with Gasteiger partial charge < -0.3 is 4.57 Å². The zero-order chi connectivity index (χ0) is 8.27. The van der Waals surface area contributed by atoms with Gasteiger partial charge in [0.05, 0.1) is 0 Å². The summed E-state index contributed by atoms with van der Waals surface area (Å²) in [5.74, 6) is 0. The highest BCUT2D eigenvalue weighted by atomic mass is 15.0. The van der Waals surface area contributed by atoms with E-state index in [-0.39, 0.29) is 0 Å². The van der Waals surface area contributed by atoms with Crippen molar-refractivity contribution in [3.8, 4) is 6.07 Å². The number of rotatable bonds is 2. The Morgan fingerprint density at radius 1 is 1.73 bits per heavy atom. The van der Waals surface area contributed by atoms with E-state index in [0.29, 0.717) is 6.04 Å². The van der Waals surface area contributed by atoms with Crippen molar-refractivity contribution in [1.82, 2.24) is 4.57 Å². The van der Waals surface area contributed by atoms with Crippen molar-refractivity contribution in [2.24, 2.45) is 0 Å². The molecule has 1 atom stereocenters. The van der Waals surface area contributed by atoms with E-state index in [1.165, 1.54) is 0 Å². The molecule has 1 rings (SSSR count). The van der Waals surface area contributed by atoms with Gasteiger partial charge in [0, 0.05) is 12.2 Å². The van der Waals surface area contributed by atoms with Crippen molar-refractivity contribution in [3.05, 3.63) is 24.0 Å². The zero-order valence-corrected chi connectivity index (χ0v) is 6.91. The maximum atomic E-state index is 8.68. The summed E-state index contributed by atoms with van der Waals surface area (Å²) in [6, 6.07) is 6.33. The normalized spacial score (nSPS) is 12.5. The van der Waals surface area contributed by atoms with Gasteiger partial charge in [0.1, 0.15) is 11.8 Å². The smallest absolute Gasteiger partial charge is 0.120 e. The summed E-state index contributed by atoms with van der Waals surface area (Å²) < 4.78 is 2.00. The molecule has 0 bridgehead atoms. The van der Waals surface area contributed by atoms with E-state index in [0.717, 1.165) is 12.1 Å². The Morgan fingerprint density at radius 3 is 3.00 bits per heavy atom. The summed E-state index contributed by atoms with van der Waals surface area (Å²) in [5, 5.41) is 8.68. The van der Waals surface area contributed by atoms with Crippen molar-refractivity contribution in [2.45, 2.75) is 26.3 Å². The number of nitrogens with zero attached hydrogens (tertiary/aromatic N) is 2. The summed E-state index contributed by atoms with van der Waals surface area (Å²) in [5.41, 5.74) is 0.749. The second-order valence-electron chi connectivity index (χ2n) is 2.67. The zero-order valence-electron chi connectivity index (χ0n) is 6.91. The standard InChI is InChI=1S/C9H12N2/c1-3-8(2)11-6-4-5-9(11)7-10/h4-6,8H,3H2,1-2H3/t8-/m0/s1. The fourth-order valence-corrected chi connectivity index (χ4v) is 1.07. The minimum absolute atomic E-state index is 0.430. The van der Waals surface area contributed by atoms with Gasteiger partial charge in [-0.25, -0.2) is 0 Å². The lowest BCUT2D eigenvalue weighted by Crippen LogP contribution is -2.03. The van der Waals surface area contributed by atoms with E-state index in [1.807, 2.05) is 22.9 Å². The molecule has 0 aromatic carbocycles. The molecule has 0 aliphatic rings.